The monoisotopic (exact) mass is 334 g/mol. The van der Waals surface area contributed by atoms with E-state index in [1.54, 1.807) is 12.2 Å². The van der Waals surface area contributed by atoms with Gasteiger partial charge >= 0.3 is 11.8 Å². The van der Waals surface area contributed by atoms with E-state index in [1.807, 2.05) is 24.3 Å². The number of carbonyl (C=O) groups is 1. The highest BCUT2D eigenvalue weighted by Crippen LogP contribution is 2.31. The Morgan fingerprint density at radius 1 is 0.833 bits per heavy atom. The topological polar surface area (TPSA) is 62.4 Å². The smallest absolute Gasteiger partial charge is 0.374 e. The van der Waals surface area contributed by atoms with Gasteiger partial charge in [0.25, 0.3) is 0 Å². The molecule has 0 amide bonds. The molecule has 1 heterocycles. The summed E-state index contributed by atoms with van der Waals surface area (Å²) in [4.78, 5) is 19.6. The highest BCUT2D eigenvalue weighted by molar-refractivity contribution is 5.79. The third-order valence-corrected chi connectivity index (χ3v) is 3.79. The maximum Gasteiger partial charge on any atom is 0.374 e. The third-order valence-electron chi connectivity index (χ3n) is 3.79. The molecule has 134 valence electrons. The summed E-state index contributed by atoms with van der Waals surface area (Å²) in [6.07, 6.45) is 26.5. The first-order valence-corrected chi connectivity index (χ1v) is 8.99. The Hall–Kier alpha value is -1.65. The molecule has 1 rings (SSSR count). The standard InChI is InChI=1S/C20H30O4/c1-2-3-4-5-6-7-8-9-10-11-12-13-14-15-16-17-18-20(19(21)22)23-24-20/h11-18H,2-10H2,1H3,(H,21,22). The fourth-order valence-electron chi connectivity index (χ4n) is 2.25. The minimum Gasteiger partial charge on any atom is -0.477 e. The van der Waals surface area contributed by atoms with Crippen LogP contribution in [0.3, 0.4) is 0 Å². The van der Waals surface area contributed by atoms with Crippen molar-refractivity contribution in [3.05, 3.63) is 48.6 Å². The molecule has 1 aliphatic rings. The number of carboxylic acid groups (broad SMARTS) is 1. The predicted molar refractivity (Wildman–Crippen MR) is 96.3 cm³/mol. The maximum atomic E-state index is 10.7. The molecule has 0 aromatic rings. The Kier molecular flexibility index (Phi) is 10.8. The average Bonchev–Trinajstić information content (AvgIpc) is 3.36. The Balaban J connectivity index is 1.97. The summed E-state index contributed by atoms with van der Waals surface area (Å²) in [7, 11) is 0. The molecule has 0 aromatic carbocycles. The minimum absolute atomic E-state index is 1.12. The SMILES string of the molecule is CCCCCCCCCCC=CC=CC=CC=CC1(C(=O)O)OO1. The number of unbranched alkanes of at least 4 members (excludes halogenated alkanes) is 8. The fraction of sp³-hybridized carbons (Fsp3) is 0.550. The summed E-state index contributed by atoms with van der Waals surface area (Å²) in [5, 5.41) is 8.78. The molecule has 0 aliphatic carbocycles. The van der Waals surface area contributed by atoms with Crippen LogP contribution >= 0.6 is 0 Å². The lowest BCUT2D eigenvalue weighted by molar-refractivity contribution is -0.142. The van der Waals surface area contributed by atoms with Crippen LogP contribution in [0.4, 0.5) is 0 Å². The lowest BCUT2D eigenvalue weighted by Crippen LogP contribution is -2.19. The van der Waals surface area contributed by atoms with Gasteiger partial charge in [-0.15, -0.1) is 0 Å². The van der Waals surface area contributed by atoms with Crippen LogP contribution in [-0.4, -0.2) is 16.9 Å². The van der Waals surface area contributed by atoms with Gasteiger partial charge in [0.15, 0.2) is 0 Å². The molecule has 0 unspecified atom stereocenters. The zero-order valence-electron chi connectivity index (χ0n) is 14.7. The van der Waals surface area contributed by atoms with Crippen LogP contribution in [0.5, 0.6) is 0 Å². The maximum absolute atomic E-state index is 10.7. The molecule has 24 heavy (non-hydrogen) atoms. The van der Waals surface area contributed by atoms with E-state index in [0.717, 1.165) is 6.42 Å². The van der Waals surface area contributed by atoms with Crippen molar-refractivity contribution < 1.29 is 19.7 Å². The molecule has 1 saturated heterocycles. The van der Waals surface area contributed by atoms with Gasteiger partial charge in [-0.2, -0.15) is 9.78 Å². The summed E-state index contributed by atoms with van der Waals surface area (Å²) >= 11 is 0. The van der Waals surface area contributed by atoms with E-state index in [2.05, 4.69) is 22.8 Å². The van der Waals surface area contributed by atoms with Crippen molar-refractivity contribution in [2.75, 3.05) is 0 Å². The van der Waals surface area contributed by atoms with E-state index in [4.69, 9.17) is 5.11 Å². The molecular formula is C20H30O4. The number of hydrogen-bond acceptors (Lipinski definition) is 3. The molecule has 4 nitrogen and oxygen atoms in total. The Bertz CT molecular complexity index is 456. The van der Waals surface area contributed by atoms with E-state index in [-0.39, 0.29) is 0 Å². The average molecular weight is 334 g/mol. The van der Waals surface area contributed by atoms with E-state index in [1.165, 1.54) is 57.4 Å². The molecule has 0 radical (unpaired) electrons. The quantitative estimate of drug-likeness (QED) is 0.198. The minimum atomic E-state index is -1.57. The van der Waals surface area contributed by atoms with E-state index < -0.39 is 11.8 Å². The van der Waals surface area contributed by atoms with Gasteiger partial charge in [0, 0.05) is 0 Å². The van der Waals surface area contributed by atoms with Gasteiger partial charge in [-0.25, -0.2) is 4.79 Å². The zero-order valence-corrected chi connectivity index (χ0v) is 14.7. The molecule has 1 aliphatic heterocycles. The van der Waals surface area contributed by atoms with Crippen molar-refractivity contribution in [1.29, 1.82) is 0 Å². The number of carboxylic acids is 1. The second kappa shape index (κ2) is 12.7. The second-order valence-corrected chi connectivity index (χ2v) is 5.96. The van der Waals surface area contributed by atoms with Crippen LogP contribution in [0.2, 0.25) is 0 Å². The van der Waals surface area contributed by atoms with Gasteiger partial charge in [-0.3, -0.25) is 0 Å². The van der Waals surface area contributed by atoms with Crippen LogP contribution in [-0.2, 0) is 14.6 Å². The van der Waals surface area contributed by atoms with E-state index in [0.29, 0.717) is 0 Å². The molecule has 4 heteroatoms. The van der Waals surface area contributed by atoms with Gasteiger partial charge in [0.2, 0.25) is 0 Å². The molecule has 0 saturated carbocycles. The molecule has 0 aromatic heterocycles. The summed E-state index contributed by atoms with van der Waals surface area (Å²) in [5.41, 5.74) is 0. The lowest BCUT2D eigenvalue weighted by Gasteiger charge is -1.99. The molecule has 1 N–H and O–H groups in total. The van der Waals surface area contributed by atoms with Gasteiger partial charge in [-0.05, 0) is 18.9 Å². The van der Waals surface area contributed by atoms with Crippen molar-refractivity contribution in [3.8, 4) is 0 Å². The third kappa shape index (κ3) is 9.48. The van der Waals surface area contributed by atoms with E-state index in [9.17, 15) is 4.79 Å². The van der Waals surface area contributed by atoms with E-state index >= 15 is 0 Å². The lowest BCUT2D eigenvalue weighted by atomic mass is 10.1. The summed E-state index contributed by atoms with van der Waals surface area (Å²) in [6.45, 7) is 2.25. The number of rotatable bonds is 14. The van der Waals surface area contributed by atoms with Crippen molar-refractivity contribution in [1.82, 2.24) is 0 Å². The van der Waals surface area contributed by atoms with Crippen molar-refractivity contribution >= 4 is 5.97 Å². The van der Waals surface area contributed by atoms with Crippen molar-refractivity contribution in [2.45, 2.75) is 70.5 Å². The number of allylic oxidation sites excluding steroid dienone is 7. The zero-order chi connectivity index (χ0) is 17.5. The number of hydrogen-bond donors (Lipinski definition) is 1. The van der Waals surface area contributed by atoms with Crippen LogP contribution in [0, 0.1) is 0 Å². The molecule has 0 spiro atoms. The van der Waals surface area contributed by atoms with Crippen LogP contribution < -0.4 is 0 Å². The Labute approximate surface area is 145 Å². The fourth-order valence-corrected chi connectivity index (χ4v) is 2.25. The first kappa shape index (κ1) is 20.4. The molecule has 0 bridgehead atoms. The first-order valence-electron chi connectivity index (χ1n) is 8.99. The second-order valence-electron chi connectivity index (χ2n) is 5.96. The van der Waals surface area contributed by atoms with Crippen LogP contribution in [0.15, 0.2) is 48.6 Å². The number of aliphatic carboxylic acids is 1. The largest absolute Gasteiger partial charge is 0.477 e. The highest BCUT2D eigenvalue weighted by Gasteiger charge is 2.55. The first-order chi connectivity index (χ1) is 11.7. The molecular weight excluding hydrogens is 304 g/mol. The summed E-state index contributed by atoms with van der Waals surface area (Å²) in [5.74, 6) is -2.71. The normalized spacial score (nSPS) is 16.9. The Morgan fingerprint density at radius 2 is 1.38 bits per heavy atom. The van der Waals surface area contributed by atoms with Crippen LogP contribution in [0.1, 0.15) is 64.7 Å². The summed E-state index contributed by atoms with van der Waals surface area (Å²) < 4.78 is 0. The Morgan fingerprint density at radius 3 is 1.96 bits per heavy atom. The van der Waals surface area contributed by atoms with Gasteiger partial charge in [0.1, 0.15) is 0 Å². The van der Waals surface area contributed by atoms with Crippen molar-refractivity contribution in [2.24, 2.45) is 0 Å². The van der Waals surface area contributed by atoms with Gasteiger partial charge in [-0.1, -0.05) is 94.4 Å². The molecule has 0 atom stereocenters. The molecule has 1 fully saturated rings. The summed E-state index contributed by atoms with van der Waals surface area (Å²) in [6, 6.07) is 0. The van der Waals surface area contributed by atoms with Gasteiger partial charge < -0.3 is 5.11 Å². The predicted octanol–water partition coefficient (Wildman–Crippen LogP) is 5.48. The van der Waals surface area contributed by atoms with Gasteiger partial charge in [0.05, 0.1) is 0 Å². The van der Waals surface area contributed by atoms with Crippen LogP contribution in [0.25, 0.3) is 0 Å². The highest BCUT2D eigenvalue weighted by atomic mass is 17.4. The van der Waals surface area contributed by atoms with Crippen molar-refractivity contribution in [3.63, 3.8) is 0 Å².